The van der Waals surface area contributed by atoms with E-state index in [-0.39, 0.29) is 0 Å². The number of aryl methyl sites for hydroxylation is 1. The third-order valence-corrected chi connectivity index (χ3v) is 3.21. The summed E-state index contributed by atoms with van der Waals surface area (Å²) in [5, 5.41) is 0. The predicted molar refractivity (Wildman–Crippen MR) is 50.4 cm³/mol. The molecule has 0 heterocycles. The maximum absolute atomic E-state index is 2.25. The Kier molecular flexibility index (Phi) is 3.98. The van der Waals surface area contributed by atoms with Crippen LogP contribution < -0.4 is 3.58 Å². The molecule has 0 spiro atoms. The van der Waals surface area contributed by atoms with E-state index in [9.17, 15) is 0 Å². The molecule has 11 heavy (non-hydrogen) atoms. The molecule has 0 bridgehead atoms. The van der Waals surface area contributed by atoms with Crippen molar-refractivity contribution in [1.82, 2.24) is 0 Å². The summed E-state index contributed by atoms with van der Waals surface area (Å²) in [5.74, 6) is 0. The van der Waals surface area contributed by atoms with Gasteiger partial charge in [0.25, 0.3) is 0 Å². The molecular formula is C10H13Sn. The summed E-state index contributed by atoms with van der Waals surface area (Å²) in [5.41, 5.74) is 1.55. The molecule has 0 aliphatic carbocycles. The van der Waals surface area contributed by atoms with Crippen molar-refractivity contribution in [3.63, 3.8) is 0 Å². The molecular weight excluding hydrogens is 239 g/mol. The summed E-state index contributed by atoms with van der Waals surface area (Å²) in [6, 6.07) is 8.74. The van der Waals surface area contributed by atoms with Gasteiger partial charge in [0.2, 0.25) is 0 Å². The van der Waals surface area contributed by atoms with Gasteiger partial charge in [0, 0.05) is 0 Å². The zero-order valence-corrected chi connectivity index (χ0v) is 9.78. The molecule has 0 unspecified atom stereocenters. The fraction of sp³-hybridized carbons (Fsp3) is 0.400. The van der Waals surface area contributed by atoms with Crippen LogP contribution in [0.15, 0.2) is 24.3 Å². The van der Waals surface area contributed by atoms with Gasteiger partial charge in [0.05, 0.1) is 0 Å². The Hall–Kier alpha value is 0.0187. The minimum atomic E-state index is 1.26. The first kappa shape index (κ1) is 9.11. The SMILES string of the molecule is CCCCc1cccc[c]1[Sn]. The summed E-state index contributed by atoms with van der Waals surface area (Å²) in [6.45, 7) is 2.24. The first-order valence-corrected chi connectivity index (χ1v) is 5.57. The van der Waals surface area contributed by atoms with Crippen LogP contribution in [0.2, 0.25) is 0 Å². The monoisotopic (exact) mass is 253 g/mol. The molecule has 1 rings (SSSR count). The van der Waals surface area contributed by atoms with Gasteiger partial charge in [-0.05, 0) is 0 Å². The van der Waals surface area contributed by atoms with Crippen LogP contribution >= 0.6 is 0 Å². The summed E-state index contributed by atoms with van der Waals surface area (Å²) in [7, 11) is 0. The second kappa shape index (κ2) is 4.81. The Bertz CT molecular complexity index is 218. The third-order valence-electron chi connectivity index (χ3n) is 1.82. The Morgan fingerprint density at radius 3 is 2.64 bits per heavy atom. The summed E-state index contributed by atoms with van der Waals surface area (Å²) in [6.07, 6.45) is 3.88. The molecule has 0 nitrogen and oxygen atoms in total. The minimum absolute atomic E-state index is 1.26. The molecule has 0 aromatic heterocycles. The second-order valence-electron chi connectivity index (χ2n) is 2.76. The van der Waals surface area contributed by atoms with Gasteiger partial charge in [-0.1, -0.05) is 0 Å². The number of hydrogen-bond donors (Lipinski definition) is 0. The Balaban J connectivity index is 2.62. The van der Waals surface area contributed by atoms with Crippen molar-refractivity contribution in [2.45, 2.75) is 26.2 Å². The number of benzene rings is 1. The van der Waals surface area contributed by atoms with E-state index in [1.165, 1.54) is 22.8 Å². The molecule has 3 radical (unpaired) electrons. The van der Waals surface area contributed by atoms with Gasteiger partial charge >= 0.3 is 82.1 Å². The predicted octanol–water partition coefficient (Wildman–Crippen LogP) is 1.82. The van der Waals surface area contributed by atoms with Crippen molar-refractivity contribution >= 4 is 26.1 Å². The molecule has 0 N–H and O–H groups in total. The van der Waals surface area contributed by atoms with Gasteiger partial charge < -0.3 is 0 Å². The summed E-state index contributed by atoms with van der Waals surface area (Å²) in [4.78, 5) is 0. The van der Waals surface area contributed by atoms with Crippen molar-refractivity contribution in [3.05, 3.63) is 29.8 Å². The molecule has 0 aliphatic heterocycles. The molecule has 57 valence electrons. The van der Waals surface area contributed by atoms with E-state index in [2.05, 4.69) is 31.2 Å². The van der Waals surface area contributed by atoms with E-state index < -0.39 is 0 Å². The van der Waals surface area contributed by atoms with E-state index in [1.54, 1.807) is 28.1 Å². The Morgan fingerprint density at radius 2 is 2.00 bits per heavy atom. The number of hydrogen-bond acceptors (Lipinski definition) is 0. The van der Waals surface area contributed by atoms with Gasteiger partial charge in [0.15, 0.2) is 0 Å². The average molecular weight is 252 g/mol. The van der Waals surface area contributed by atoms with E-state index in [0.29, 0.717) is 0 Å². The zero-order valence-electron chi connectivity index (χ0n) is 6.93. The number of unbranched alkanes of at least 4 members (excludes halogenated alkanes) is 1. The second-order valence-corrected chi connectivity index (χ2v) is 4.30. The van der Waals surface area contributed by atoms with Crippen LogP contribution in [-0.2, 0) is 6.42 Å². The molecule has 0 aliphatic rings. The zero-order chi connectivity index (χ0) is 8.10. The van der Waals surface area contributed by atoms with Crippen LogP contribution in [-0.4, -0.2) is 22.5 Å². The molecule has 0 amide bonds. The normalized spacial score (nSPS) is 10.0. The van der Waals surface area contributed by atoms with Crippen LogP contribution in [0, 0.1) is 0 Å². The van der Waals surface area contributed by atoms with Crippen molar-refractivity contribution < 1.29 is 0 Å². The van der Waals surface area contributed by atoms with Crippen LogP contribution in [0.4, 0.5) is 0 Å². The van der Waals surface area contributed by atoms with Crippen LogP contribution in [0.3, 0.4) is 0 Å². The van der Waals surface area contributed by atoms with Gasteiger partial charge in [-0.2, -0.15) is 0 Å². The van der Waals surface area contributed by atoms with Crippen LogP contribution in [0.1, 0.15) is 25.3 Å². The fourth-order valence-electron chi connectivity index (χ4n) is 1.11. The van der Waals surface area contributed by atoms with Crippen LogP contribution in [0.5, 0.6) is 0 Å². The van der Waals surface area contributed by atoms with Gasteiger partial charge in [-0.3, -0.25) is 0 Å². The van der Waals surface area contributed by atoms with Crippen molar-refractivity contribution in [2.24, 2.45) is 0 Å². The van der Waals surface area contributed by atoms with E-state index >= 15 is 0 Å². The summed E-state index contributed by atoms with van der Waals surface area (Å²) < 4.78 is 1.52. The molecule has 0 saturated heterocycles. The van der Waals surface area contributed by atoms with Gasteiger partial charge in [0.1, 0.15) is 0 Å². The van der Waals surface area contributed by atoms with E-state index in [0.717, 1.165) is 0 Å². The fourth-order valence-corrected chi connectivity index (χ4v) is 1.97. The molecule has 1 heteroatoms. The van der Waals surface area contributed by atoms with E-state index in [4.69, 9.17) is 0 Å². The molecule has 0 atom stereocenters. The van der Waals surface area contributed by atoms with E-state index in [1.807, 2.05) is 0 Å². The standard InChI is InChI=1S/C10H13.Sn/c1-2-3-7-10-8-5-4-6-9-10;/h4-6,8H,2-3,7H2,1H3;. The number of rotatable bonds is 3. The summed E-state index contributed by atoms with van der Waals surface area (Å²) >= 11 is 1.54. The Morgan fingerprint density at radius 1 is 1.27 bits per heavy atom. The van der Waals surface area contributed by atoms with Crippen molar-refractivity contribution in [3.8, 4) is 0 Å². The molecule has 0 saturated carbocycles. The maximum atomic E-state index is 2.25. The molecule has 1 aromatic rings. The first-order valence-electron chi connectivity index (χ1n) is 4.14. The quantitative estimate of drug-likeness (QED) is 0.720. The Labute approximate surface area is 82.1 Å². The van der Waals surface area contributed by atoms with Crippen molar-refractivity contribution in [1.29, 1.82) is 0 Å². The third kappa shape index (κ3) is 2.86. The molecule has 0 fully saturated rings. The topological polar surface area (TPSA) is 0 Å². The molecule has 1 aromatic carbocycles. The van der Waals surface area contributed by atoms with Gasteiger partial charge in [-0.15, -0.1) is 0 Å². The first-order chi connectivity index (χ1) is 5.34. The van der Waals surface area contributed by atoms with Gasteiger partial charge in [-0.25, -0.2) is 0 Å². The average Bonchev–Trinajstić information content (AvgIpc) is 2.03. The van der Waals surface area contributed by atoms with Crippen LogP contribution in [0.25, 0.3) is 0 Å². The van der Waals surface area contributed by atoms with Crippen molar-refractivity contribution in [2.75, 3.05) is 0 Å².